The van der Waals surface area contributed by atoms with Gasteiger partial charge in [0.25, 0.3) is 0 Å². The predicted octanol–water partition coefficient (Wildman–Crippen LogP) is 1.95. The topological polar surface area (TPSA) is 40.5 Å². The van der Waals surface area contributed by atoms with E-state index in [1.165, 1.54) is 6.07 Å². The predicted molar refractivity (Wildman–Crippen MR) is 68.7 cm³/mol. The normalized spacial score (nSPS) is 22.3. The van der Waals surface area contributed by atoms with Crippen molar-refractivity contribution in [2.45, 2.75) is 25.8 Å². The fraction of sp³-hybridized carbons (Fsp3) is 0.533. The summed E-state index contributed by atoms with van der Waals surface area (Å²) in [5, 5.41) is 9.09. The molecule has 0 heterocycles. The van der Waals surface area contributed by atoms with Crippen molar-refractivity contribution < 1.29 is 14.3 Å². The molecule has 2 saturated carbocycles. The number of nitrogens with zero attached hydrogens (tertiary/aromatic N) is 1. The average molecular weight is 263 g/mol. The van der Waals surface area contributed by atoms with E-state index in [0.717, 1.165) is 19.3 Å². The average Bonchev–Trinajstić information content (AvgIpc) is 3.31. The van der Waals surface area contributed by atoms with Gasteiger partial charge in [-0.15, -0.1) is 0 Å². The maximum absolute atomic E-state index is 13.6. The molecule has 2 fully saturated rings. The second kappa shape index (κ2) is 4.60. The van der Waals surface area contributed by atoms with E-state index >= 15 is 0 Å². The second-order valence-electron chi connectivity index (χ2n) is 5.69. The quantitative estimate of drug-likeness (QED) is 0.882. The summed E-state index contributed by atoms with van der Waals surface area (Å²) in [5.74, 6) is -0.101. The molecule has 1 amide bonds. The largest absolute Gasteiger partial charge is 0.395 e. The van der Waals surface area contributed by atoms with E-state index in [4.69, 9.17) is 5.11 Å². The number of carbonyl (C=O) groups is 1. The molecule has 1 aromatic carbocycles. The zero-order valence-corrected chi connectivity index (χ0v) is 10.8. The lowest BCUT2D eigenvalue weighted by atomic mass is 10.1. The molecule has 19 heavy (non-hydrogen) atoms. The van der Waals surface area contributed by atoms with Crippen LogP contribution in [0.3, 0.4) is 0 Å². The number of benzene rings is 1. The molecule has 0 aliphatic heterocycles. The molecular formula is C15H18FNO2. The van der Waals surface area contributed by atoms with Crippen molar-refractivity contribution in [3.05, 3.63) is 35.6 Å². The van der Waals surface area contributed by atoms with Crippen LogP contribution in [0.15, 0.2) is 24.3 Å². The minimum atomic E-state index is -0.296. The van der Waals surface area contributed by atoms with Gasteiger partial charge >= 0.3 is 0 Å². The fourth-order valence-corrected chi connectivity index (χ4v) is 2.85. The van der Waals surface area contributed by atoms with E-state index in [0.29, 0.717) is 11.0 Å². The second-order valence-corrected chi connectivity index (χ2v) is 5.69. The van der Waals surface area contributed by atoms with Gasteiger partial charge in [-0.2, -0.15) is 0 Å². The van der Waals surface area contributed by atoms with Gasteiger partial charge in [-0.3, -0.25) is 4.79 Å². The summed E-state index contributed by atoms with van der Waals surface area (Å²) in [4.78, 5) is 14.0. The van der Waals surface area contributed by atoms with Crippen molar-refractivity contribution in [1.29, 1.82) is 0 Å². The summed E-state index contributed by atoms with van der Waals surface area (Å²) in [7, 11) is 0. The number of hydrogen-bond acceptors (Lipinski definition) is 2. The molecule has 102 valence electrons. The van der Waals surface area contributed by atoms with Gasteiger partial charge in [0.15, 0.2) is 0 Å². The molecular weight excluding hydrogens is 245 g/mol. The van der Waals surface area contributed by atoms with Gasteiger partial charge in [-0.05, 0) is 30.7 Å². The Hall–Kier alpha value is -1.42. The Kier molecular flexibility index (Phi) is 3.05. The highest BCUT2D eigenvalue weighted by Gasteiger charge is 2.66. The van der Waals surface area contributed by atoms with Crippen LogP contribution in [0.1, 0.15) is 24.8 Å². The molecule has 0 aromatic heterocycles. The van der Waals surface area contributed by atoms with Gasteiger partial charge in [0.1, 0.15) is 5.82 Å². The molecule has 1 spiro atoms. The third-order valence-electron chi connectivity index (χ3n) is 4.38. The van der Waals surface area contributed by atoms with Crippen molar-refractivity contribution in [2.24, 2.45) is 11.3 Å². The molecule has 0 unspecified atom stereocenters. The first-order valence-electron chi connectivity index (χ1n) is 6.79. The van der Waals surface area contributed by atoms with Gasteiger partial charge in [0, 0.05) is 24.6 Å². The van der Waals surface area contributed by atoms with E-state index in [1.54, 1.807) is 23.1 Å². The van der Waals surface area contributed by atoms with Crippen molar-refractivity contribution in [3.8, 4) is 0 Å². The van der Waals surface area contributed by atoms with Crippen LogP contribution in [-0.2, 0) is 11.3 Å². The number of amides is 1. The lowest BCUT2D eigenvalue weighted by Crippen LogP contribution is -2.35. The monoisotopic (exact) mass is 263 g/mol. The van der Waals surface area contributed by atoms with Crippen LogP contribution in [0.25, 0.3) is 0 Å². The minimum absolute atomic E-state index is 0.0785. The fourth-order valence-electron chi connectivity index (χ4n) is 2.85. The highest BCUT2D eigenvalue weighted by atomic mass is 19.1. The van der Waals surface area contributed by atoms with Crippen LogP contribution < -0.4 is 0 Å². The number of aliphatic hydroxyl groups excluding tert-OH is 1. The lowest BCUT2D eigenvalue weighted by molar-refractivity contribution is -0.134. The third kappa shape index (κ3) is 2.37. The Balaban J connectivity index is 1.70. The zero-order valence-electron chi connectivity index (χ0n) is 10.8. The first-order valence-corrected chi connectivity index (χ1v) is 6.79. The van der Waals surface area contributed by atoms with Crippen molar-refractivity contribution in [1.82, 2.24) is 4.90 Å². The highest BCUT2D eigenvalue weighted by molar-refractivity contribution is 5.83. The number of aliphatic hydroxyl groups is 1. The first kappa shape index (κ1) is 12.6. The smallest absolute Gasteiger partial charge is 0.226 e. The summed E-state index contributed by atoms with van der Waals surface area (Å²) < 4.78 is 13.6. The van der Waals surface area contributed by atoms with E-state index < -0.39 is 0 Å². The summed E-state index contributed by atoms with van der Waals surface area (Å²) in [6.07, 6.45) is 3.27. The zero-order chi connectivity index (χ0) is 13.5. The van der Waals surface area contributed by atoms with Crippen LogP contribution in [0.2, 0.25) is 0 Å². The Morgan fingerprint density at radius 2 is 2.16 bits per heavy atom. The standard InChI is InChI=1S/C15H18FNO2/c16-13-4-2-1-3-11(13)10-17(7-8-18)14(19)12-9-15(12)5-6-15/h1-4,12,18H,5-10H2/t12-/m0/s1. The van der Waals surface area contributed by atoms with Crippen molar-refractivity contribution >= 4 is 5.91 Å². The maximum Gasteiger partial charge on any atom is 0.226 e. The molecule has 1 atom stereocenters. The van der Waals surface area contributed by atoms with E-state index in [9.17, 15) is 9.18 Å². The molecule has 1 aromatic rings. The summed E-state index contributed by atoms with van der Waals surface area (Å²) in [6.45, 7) is 0.443. The molecule has 3 nitrogen and oxygen atoms in total. The van der Waals surface area contributed by atoms with Gasteiger partial charge in [0.05, 0.1) is 6.61 Å². The SMILES string of the molecule is O=C([C@@H]1CC12CC2)N(CCO)Cc1ccccc1F. The Morgan fingerprint density at radius 3 is 2.74 bits per heavy atom. The van der Waals surface area contributed by atoms with Crippen LogP contribution in [-0.4, -0.2) is 29.1 Å². The first-order chi connectivity index (χ1) is 9.16. The number of carbonyl (C=O) groups excluding carboxylic acids is 1. The van der Waals surface area contributed by atoms with Crippen LogP contribution >= 0.6 is 0 Å². The molecule has 2 aliphatic rings. The molecule has 4 heteroatoms. The Labute approximate surface area is 112 Å². The number of halogens is 1. The van der Waals surface area contributed by atoms with Gasteiger partial charge < -0.3 is 10.0 Å². The molecule has 1 N–H and O–H groups in total. The number of hydrogen-bond donors (Lipinski definition) is 1. The van der Waals surface area contributed by atoms with Crippen molar-refractivity contribution in [3.63, 3.8) is 0 Å². The summed E-state index contributed by atoms with van der Waals surface area (Å²) in [6, 6.07) is 6.49. The number of rotatable bonds is 5. The Morgan fingerprint density at radius 1 is 1.42 bits per heavy atom. The molecule has 2 aliphatic carbocycles. The molecule has 3 rings (SSSR count). The summed E-state index contributed by atoms with van der Waals surface area (Å²) >= 11 is 0. The van der Waals surface area contributed by atoms with Gasteiger partial charge in [-0.25, -0.2) is 4.39 Å². The molecule has 0 radical (unpaired) electrons. The molecule has 0 saturated heterocycles. The van der Waals surface area contributed by atoms with Crippen LogP contribution in [0.4, 0.5) is 4.39 Å². The van der Waals surface area contributed by atoms with Gasteiger partial charge in [0.2, 0.25) is 5.91 Å². The highest BCUT2D eigenvalue weighted by Crippen LogP contribution is 2.70. The summed E-state index contributed by atoms with van der Waals surface area (Å²) in [5.41, 5.74) is 0.801. The maximum atomic E-state index is 13.6. The third-order valence-corrected chi connectivity index (χ3v) is 4.38. The minimum Gasteiger partial charge on any atom is -0.395 e. The van der Waals surface area contributed by atoms with E-state index in [2.05, 4.69) is 0 Å². The van der Waals surface area contributed by atoms with Crippen molar-refractivity contribution in [2.75, 3.05) is 13.2 Å². The van der Waals surface area contributed by atoms with E-state index in [1.807, 2.05) is 0 Å². The van der Waals surface area contributed by atoms with E-state index in [-0.39, 0.29) is 37.3 Å². The lowest BCUT2D eigenvalue weighted by Gasteiger charge is -2.22. The van der Waals surface area contributed by atoms with Gasteiger partial charge in [-0.1, -0.05) is 18.2 Å². The molecule has 0 bridgehead atoms. The van der Waals surface area contributed by atoms with Crippen LogP contribution in [0, 0.1) is 17.2 Å². The Bertz CT molecular complexity index is 499. The van der Waals surface area contributed by atoms with Crippen LogP contribution in [0.5, 0.6) is 0 Å².